The van der Waals surface area contributed by atoms with E-state index in [4.69, 9.17) is 0 Å². The van der Waals surface area contributed by atoms with Gasteiger partial charge in [-0.25, -0.2) is 4.98 Å². The Morgan fingerprint density at radius 1 is 1.18 bits per heavy atom. The van der Waals surface area contributed by atoms with Crippen LogP contribution in [0, 0.1) is 11.8 Å². The number of aromatic amines is 1. The Bertz CT molecular complexity index is 680. The summed E-state index contributed by atoms with van der Waals surface area (Å²) in [5.74, 6) is 1.66. The molecule has 0 spiro atoms. The van der Waals surface area contributed by atoms with Gasteiger partial charge in [-0.1, -0.05) is 6.42 Å². The molecule has 5 heterocycles. The zero-order valence-corrected chi connectivity index (χ0v) is 12.9. The molecule has 2 bridgehead atoms. The van der Waals surface area contributed by atoms with Crippen molar-refractivity contribution >= 4 is 16.7 Å². The Balaban J connectivity index is 1.47. The number of piperidine rings is 3. The van der Waals surface area contributed by atoms with E-state index in [9.17, 15) is 0 Å². The van der Waals surface area contributed by atoms with E-state index in [-0.39, 0.29) is 0 Å². The maximum atomic E-state index is 4.38. The zero-order valence-electron chi connectivity index (χ0n) is 12.9. The van der Waals surface area contributed by atoms with Crippen molar-refractivity contribution in [1.29, 1.82) is 0 Å². The van der Waals surface area contributed by atoms with E-state index < -0.39 is 0 Å². The molecule has 3 atom stereocenters. The van der Waals surface area contributed by atoms with E-state index in [0.29, 0.717) is 0 Å². The van der Waals surface area contributed by atoms with Gasteiger partial charge < -0.3 is 4.90 Å². The quantitative estimate of drug-likeness (QED) is 0.877. The number of rotatable bonds is 1. The predicted octanol–water partition coefficient (Wildman–Crippen LogP) is 2.27. The number of fused-ring (bicyclic) bond motifs is 5. The molecule has 3 aliphatic heterocycles. The molecule has 3 saturated heterocycles. The molecule has 5 nitrogen and oxygen atoms in total. The summed E-state index contributed by atoms with van der Waals surface area (Å²) in [6.45, 7) is 5.02. The Kier molecular flexibility index (Phi) is 2.90. The summed E-state index contributed by atoms with van der Waals surface area (Å²) in [5.41, 5.74) is 2.23. The van der Waals surface area contributed by atoms with Crippen LogP contribution < -0.4 is 4.90 Å². The molecule has 0 amide bonds. The normalized spacial score (nSPS) is 32.2. The van der Waals surface area contributed by atoms with Crippen LogP contribution in [-0.2, 0) is 0 Å². The van der Waals surface area contributed by atoms with Crippen molar-refractivity contribution in [3.05, 3.63) is 18.5 Å². The van der Waals surface area contributed by atoms with E-state index in [1.54, 1.807) is 0 Å². The number of pyridine rings is 1. The van der Waals surface area contributed by atoms with Crippen molar-refractivity contribution in [3.63, 3.8) is 0 Å². The molecule has 0 saturated carbocycles. The minimum Gasteiger partial charge on any atom is -0.370 e. The molecule has 116 valence electrons. The van der Waals surface area contributed by atoms with Crippen molar-refractivity contribution in [2.75, 3.05) is 31.1 Å². The summed E-state index contributed by atoms with van der Waals surface area (Å²) in [5, 5.41) is 8.34. The summed E-state index contributed by atoms with van der Waals surface area (Å²) < 4.78 is 0. The highest BCUT2D eigenvalue weighted by Crippen LogP contribution is 2.39. The fourth-order valence-electron chi connectivity index (χ4n) is 5.08. The number of nitrogens with one attached hydrogen (secondary N) is 1. The lowest BCUT2D eigenvalue weighted by Gasteiger charge is -2.53. The Morgan fingerprint density at radius 2 is 2.18 bits per heavy atom. The lowest BCUT2D eigenvalue weighted by molar-refractivity contribution is 0.0187. The van der Waals surface area contributed by atoms with Gasteiger partial charge in [0.1, 0.15) is 0 Å². The van der Waals surface area contributed by atoms with Crippen LogP contribution in [0.2, 0.25) is 0 Å². The molecule has 3 fully saturated rings. The van der Waals surface area contributed by atoms with Crippen LogP contribution in [0.15, 0.2) is 18.5 Å². The van der Waals surface area contributed by atoms with Gasteiger partial charge >= 0.3 is 0 Å². The number of hydrogen-bond acceptors (Lipinski definition) is 4. The van der Waals surface area contributed by atoms with E-state index in [0.717, 1.165) is 23.5 Å². The van der Waals surface area contributed by atoms with Crippen molar-refractivity contribution in [2.24, 2.45) is 11.8 Å². The molecule has 0 unspecified atom stereocenters. The third-order valence-electron chi connectivity index (χ3n) is 5.94. The molecule has 22 heavy (non-hydrogen) atoms. The van der Waals surface area contributed by atoms with Crippen LogP contribution in [0.5, 0.6) is 0 Å². The SMILES string of the molecule is c1cc(N2C[C@@H]3C[C@H](C2)[C@@H]2CCCCN2C3)c2cn[nH]c2n1. The second kappa shape index (κ2) is 4.95. The highest BCUT2D eigenvalue weighted by atomic mass is 15.2. The molecule has 1 N–H and O–H groups in total. The van der Waals surface area contributed by atoms with Gasteiger partial charge in [0.25, 0.3) is 0 Å². The lowest BCUT2D eigenvalue weighted by atomic mass is 9.76. The molecule has 2 aromatic heterocycles. The fourth-order valence-corrected chi connectivity index (χ4v) is 5.08. The molecular formula is C17H23N5. The Labute approximate surface area is 130 Å². The van der Waals surface area contributed by atoms with E-state index in [2.05, 4.69) is 31.0 Å². The third-order valence-corrected chi connectivity index (χ3v) is 5.94. The highest BCUT2D eigenvalue weighted by molar-refractivity contribution is 5.88. The first kappa shape index (κ1) is 12.9. The largest absolute Gasteiger partial charge is 0.370 e. The Hall–Kier alpha value is -1.62. The Morgan fingerprint density at radius 3 is 3.18 bits per heavy atom. The third kappa shape index (κ3) is 1.95. The number of hydrogen-bond donors (Lipinski definition) is 1. The smallest absolute Gasteiger partial charge is 0.157 e. The summed E-state index contributed by atoms with van der Waals surface area (Å²) in [6.07, 6.45) is 9.49. The van der Waals surface area contributed by atoms with Gasteiger partial charge in [-0.3, -0.25) is 10.00 Å². The average molecular weight is 297 g/mol. The van der Waals surface area contributed by atoms with Crippen LogP contribution in [-0.4, -0.2) is 52.3 Å². The first-order valence-electron chi connectivity index (χ1n) is 8.65. The van der Waals surface area contributed by atoms with Crippen molar-refractivity contribution in [1.82, 2.24) is 20.1 Å². The number of H-pyrrole nitrogens is 1. The summed E-state index contributed by atoms with van der Waals surface area (Å²) in [6, 6.07) is 2.99. The van der Waals surface area contributed by atoms with Crippen molar-refractivity contribution in [3.8, 4) is 0 Å². The van der Waals surface area contributed by atoms with E-state index >= 15 is 0 Å². The summed E-state index contributed by atoms with van der Waals surface area (Å²) in [4.78, 5) is 9.77. The molecule has 3 aliphatic rings. The monoisotopic (exact) mass is 297 g/mol. The molecule has 0 aliphatic carbocycles. The van der Waals surface area contributed by atoms with Gasteiger partial charge in [0.2, 0.25) is 0 Å². The minimum atomic E-state index is 0.822. The molecule has 0 aromatic carbocycles. The molecule has 0 radical (unpaired) electrons. The topological polar surface area (TPSA) is 48.0 Å². The molecular weight excluding hydrogens is 274 g/mol. The van der Waals surface area contributed by atoms with Crippen LogP contribution in [0.25, 0.3) is 11.0 Å². The summed E-state index contributed by atoms with van der Waals surface area (Å²) in [7, 11) is 0. The van der Waals surface area contributed by atoms with E-state index in [1.807, 2.05) is 12.4 Å². The maximum Gasteiger partial charge on any atom is 0.157 e. The minimum absolute atomic E-state index is 0.822. The first-order chi connectivity index (χ1) is 10.9. The number of nitrogens with zero attached hydrogens (tertiary/aromatic N) is 4. The highest BCUT2D eigenvalue weighted by Gasteiger charge is 2.41. The molecule has 2 aromatic rings. The number of aromatic nitrogens is 3. The average Bonchev–Trinajstić information content (AvgIpc) is 3.03. The maximum absolute atomic E-state index is 4.38. The second-order valence-corrected chi connectivity index (χ2v) is 7.29. The standard InChI is InChI=1S/C17H23N5/c1-2-6-21-9-12-7-13(15(21)3-1)11-22(10-12)16-4-5-18-17-14(16)8-19-20-17/h4-5,8,12-13,15H,1-3,6-7,9-11H2,(H,18,19,20)/t12-,13-,15+/m1/s1. The molecule has 5 rings (SSSR count). The van der Waals surface area contributed by atoms with Gasteiger partial charge in [-0.15, -0.1) is 0 Å². The van der Waals surface area contributed by atoms with Crippen LogP contribution in [0.4, 0.5) is 5.69 Å². The second-order valence-electron chi connectivity index (χ2n) is 7.29. The first-order valence-corrected chi connectivity index (χ1v) is 8.65. The number of anilines is 1. The van der Waals surface area contributed by atoms with Gasteiger partial charge in [-0.05, 0) is 43.7 Å². The fraction of sp³-hybridized carbons (Fsp3) is 0.647. The lowest BCUT2D eigenvalue weighted by Crippen LogP contribution is -2.59. The van der Waals surface area contributed by atoms with Crippen LogP contribution in [0.1, 0.15) is 25.7 Å². The zero-order chi connectivity index (χ0) is 14.5. The van der Waals surface area contributed by atoms with Crippen molar-refractivity contribution < 1.29 is 0 Å². The van der Waals surface area contributed by atoms with Gasteiger partial charge in [0.15, 0.2) is 5.65 Å². The van der Waals surface area contributed by atoms with Crippen molar-refractivity contribution in [2.45, 2.75) is 31.7 Å². The van der Waals surface area contributed by atoms with Crippen LogP contribution >= 0.6 is 0 Å². The predicted molar refractivity (Wildman–Crippen MR) is 86.9 cm³/mol. The van der Waals surface area contributed by atoms with Gasteiger partial charge in [-0.2, -0.15) is 5.10 Å². The van der Waals surface area contributed by atoms with E-state index in [1.165, 1.54) is 62.9 Å². The van der Waals surface area contributed by atoms with Gasteiger partial charge in [0.05, 0.1) is 17.3 Å². The summed E-state index contributed by atoms with van der Waals surface area (Å²) >= 11 is 0. The molecule has 5 heteroatoms. The van der Waals surface area contributed by atoms with Crippen LogP contribution in [0.3, 0.4) is 0 Å². The van der Waals surface area contributed by atoms with Gasteiger partial charge in [0, 0.05) is 31.9 Å².